The molecule has 3 rings (SSSR count). The van der Waals surface area contributed by atoms with Gasteiger partial charge in [0.2, 0.25) is 0 Å². The molecule has 0 saturated heterocycles. The van der Waals surface area contributed by atoms with Crippen LogP contribution in [-0.2, 0) is 12.8 Å². The number of hydrogen-bond acceptors (Lipinski definition) is 0. The number of aryl methyl sites for hydroxylation is 2. The molecule has 1 aliphatic rings. The normalized spacial score (nSPS) is 17.1. The van der Waals surface area contributed by atoms with Crippen LogP contribution in [0.3, 0.4) is 0 Å². The fourth-order valence-corrected chi connectivity index (χ4v) is 3.98. The van der Waals surface area contributed by atoms with Crippen LogP contribution in [0.25, 0.3) is 11.1 Å². The summed E-state index contributed by atoms with van der Waals surface area (Å²) in [6.45, 7) is 3.68. The maximum Gasteiger partial charge on any atom is 0.335 e. The summed E-state index contributed by atoms with van der Waals surface area (Å²) in [7, 11) is 0. The lowest BCUT2D eigenvalue weighted by Gasteiger charge is -2.33. The zero-order valence-corrected chi connectivity index (χ0v) is 18.1. The summed E-state index contributed by atoms with van der Waals surface area (Å²) >= 11 is 0. The van der Waals surface area contributed by atoms with Crippen LogP contribution in [-0.4, -0.2) is 11.8 Å². The van der Waals surface area contributed by atoms with Gasteiger partial charge < -0.3 is 0 Å². The van der Waals surface area contributed by atoms with Crippen LogP contribution < -0.4 is 0 Å². The quantitative estimate of drug-likeness (QED) is 0.353. The van der Waals surface area contributed by atoms with Gasteiger partial charge in [0.05, 0.1) is 0 Å². The molecule has 0 atom stereocenters. The van der Waals surface area contributed by atoms with Crippen molar-refractivity contribution in [2.45, 2.75) is 64.2 Å². The molecule has 0 unspecified atom stereocenters. The second-order valence-corrected chi connectivity index (χ2v) is 8.13. The van der Waals surface area contributed by atoms with Crippen molar-refractivity contribution in [1.82, 2.24) is 0 Å². The number of rotatable bonds is 8. The minimum Gasteiger partial charge on any atom is -0.203 e. The van der Waals surface area contributed by atoms with E-state index in [1.807, 2.05) is 19.1 Å². The Morgan fingerprint density at radius 2 is 1.19 bits per heavy atom. The molecule has 0 heterocycles. The van der Waals surface area contributed by atoms with Crippen molar-refractivity contribution in [2.75, 3.05) is 0 Å². The van der Waals surface area contributed by atoms with E-state index in [0.717, 1.165) is 30.6 Å². The van der Waals surface area contributed by atoms with Gasteiger partial charge in [-0.25, -0.2) is 8.78 Å². The molecule has 0 aliphatic heterocycles. The lowest BCUT2D eigenvalue weighted by Crippen LogP contribution is -2.45. The first-order valence-electron chi connectivity index (χ1n) is 10.9. The second-order valence-electron chi connectivity index (χ2n) is 8.13. The van der Waals surface area contributed by atoms with Crippen LogP contribution in [0.2, 0.25) is 0 Å². The zero-order valence-electron chi connectivity index (χ0n) is 18.1. The Labute approximate surface area is 184 Å². The van der Waals surface area contributed by atoms with Crippen molar-refractivity contribution < 1.29 is 26.3 Å². The topological polar surface area (TPSA) is 0 Å². The predicted octanol–water partition coefficient (Wildman–Crippen LogP) is 8.45. The first kappa shape index (κ1) is 24.1. The summed E-state index contributed by atoms with van der Waals surface area (Å²) in [4.78, 5) is 0. The van der Waals surface area contributed by atoms with Crippen LogP contribution >= 0.6 is 0 Å². The first-order chi connectivity index (χ1) is 15.1. The third kappa shape index (κ3) is 4.50. The molecule has 0 spiro atoms. The molecule has 6 heteroatoms. The molecule has 0 aromatic heterocycles. The molecular weight excluding hydrogens is 426 g/mol. The Bertz CT molecular complexity index is 1020. The SMILES string of the molecule is CCCC1=CC=C(CCc2ccc(-c3ccc(CCC)cc3)c(F)c2F)C(F)(F)C1(F)F. The molecule has 1 aliphatic carbocycles. The molecule has 0 bridgehead atoms. The number of halogens is 6. The van der Waals surface area contributed by atoms with Crippen LogP contribution in [0.15, 0.2) is 59.7 Å². The van der Waals surface area contributed by atoms with Crippen molar-refractivity contribution in [3.63, 3.8) is 0 Å². The molecule has 0 saturated carbocycles. The van der Waals surface area contributed by atoms with Crippen LogP contribution in [0.1, 0.15) is 50.7 Å². The van der Waals surface area contributed by atoms with Gasteiger partial charge in [-0.1, -0.05) is 75.2 Å². The van der Waals surface area contributed by atoms with E-state index in [9.17, 15) is 26.3 Å². The molecule has 0 nitrogen and oxygen atoms in total. The average Bonchev–Trinajstić information content (AvgIpc) is 2.75. The third-order valence-electron chi connectivity index (χ3n) is 5.84. The highest BCUT2D eigenvalue weighted by atomic mass is 19.3. The van der Waals surface area contributed by atoms with Crippen molar-refractivity contribution >= 4 is 0 Å². The van der Waals surface area contributed by atoms with E-state index < -0.39 is 41.0 Å². The van der Waals surface area contributed by atoms with Crippen molar-refractivity contribution in [2.24, 2.45) is 0 Å². The average molecular weight is 452 g/mol. The number of allylic oxidation sites excluding steroid dienone is 4. The third-order valence-corrected chi connectivity index (χ3v) is 5.84. The molecule has 0 radical (unpaired) electrons. The Kier molecular flexibility index (Phi) is 7.21. The van der Waals surface area contributed by atoms with E-state index in [0.29, 0.717) is 12.0 Å². The Hall–Kier alpha value is -2.50. The van der Waals surface area contributed by atoms with Gasteiger partial charge in [0, 0.05) is 16.7 Å². The summed E-state index contributed by atoms with van der Waals surface area (Å²) in [6, 6.07) is 9.83. The van der Waals surface area contributed by atoms with E-state index >= 15 is 0 Å². The van der Waals surface area contributed by atoms with Gasteiger partial charge >= 0.3 is 11.8 Å². The highest BCUT2D eigenvalue weighted by molar-refractivity contribution is 5.65. The summed E-state index contributed by atoms with van der Waals surface area (Å²) in [5.41, 5.74) is 0.136. The molecule has 32 heavy (non-hydrogen) atoms. The summed E-state index contributed by atoms with van der Waals surface area (Å²) in [5.74, 6) is -10.9. The number of alkyl halides is 4. The maximum atomic E-state index is 14.7. The van der Waals surface area contributed by atoms with Gasteiger partial charge in [0.25, 0.3) is 0 Å². The van der Waals surface area contributed by atoms with Gasteiger partial charge in [-0.05, 0) is 42.4 Å². The molecule has 0 N–H and O–H groups in total. The molecule has 172 valence electrons. The minimum atomic E-state index is -4.36. The highest BCUT2D eigenvalue weighted by Gasteiger charge is 2.61. The smallest absolute Gasteiger partial charge is 0.203 e. The van der Waals surface area contributed by atoms with E-state index in [-0.39, 0.29) is 24.0 Å². The van der Waals surface area contributed by atoms with Gasteiger partial charge in [-0.3, -0.25) is 0 Å². The van der Waals surface area contributed by atoms with E-state index in [4.69, 9.17) is 0 Å². The zero-order chi connectivity index (χ0) is 23.5. The monoisotopic (exact) mass is 452 g/mol. The number of benzene rings is 2. The molecular formula is C26H26F6. The van der Waals surface area contributed by atoms with Crippen molar-refractivity contribution in [3.8, 4) is 11.1 Å². The largest absolute Gasteiger partial charge is 0.335 e. The summed E-state index contributed by atoms with van der Waals surface area (Å²) < 4.78 is 86.8. The maximum absolute atomic E-state index is 14.7. The minimum absolute atomic E-state index is 0.0650. The van der Waals surface area contributed by atoms with E-state index in [1.54, 1.807) is 19.1 Å². The Morgan fingerprint density at radius 1 is 0.625 bits per heavy atom. The van der Waals surface area contributed by atoms with Crippen molar-refractivity contribution in [1.29, 1.82) is 0 Å². The lowest BCUT2D eigenvalue weighted by molar-refractivity contribution is -0.165. The highest BCUT2D eigenvalue weighted by Crippen LogP contribution is 2.49. The molecule has 0 amide bonds. The molecule has 2 aromatic carbocycles. The fraction of sp³-hybridized carbons (Fsp3) is 0.385. The summed E-state index contributed by atoms with van der Waals surface area (Å²) in [5, 5.41) is 0. The van der Waals surface area contributed by atoms with Gasteiger partial charge in [0.15, 0.2) is 11.6 Å². The Morgan fingerprint density at radius 3 is 1.75 bits per heavy atom. The number of hydrogen-bond donors (Lipinski definition) is 0. The van der Waals surface area contributed by atoms with Crippen molar-refractivity contribution in [3.05, 3.63) is 82.5 Å². The van der Waals surface area contributed by atoms with Crippen LogP contribution in [0.5, 0.6) is 0 Å². The van der Waals surface area contributed by atoms with Crippen LogP contribution in [0.4, 0.5) is 26.3 Å². The van der Waals surface area contributed by atoms with E-state index in [2.05, 4.69) is 0 Å². The van der Waals surface area contributed by atoms with Gasteiger partial charge in [-0.2, -0.15) is 17.6 Å². The molecule has 0 fully saturated rings. The van der Waals surface area contributed by atoms with E-state index in [1.165, 1.54) is 12.1 Å². The standard InChI is InChI=1S/C26H26F6/c1-3-5-17-7-9-18(10-8-17)22-16-12-19(23(27)24(22)28)11-13-21-15-14-20(6-4-2)25(29,30)26(21,31)32/h7-10,12,14-16H,3-6,11,13H2,1-2H3. The predicted molar refractivity (Wildman–Crippen MR) is 115 cm³/mol. The lowest BCUT2D eigenvalue weighted by atomic mass is 9.85. The van der Waals surface area contributed by atoms with Gasteiger partial charge in [-0.15, -0.1) is 0 Å². The fourth-order valence-electron chi connectivity index (χ4n) is 3.98. The van der Waals surface area contributed by atoms with Gasteiger partial charge in [0.1, 0.15) is 0 Å². The molecule has 2 aromatic rings. The second kappa shape index (κ2) is 9.55. The summed E-state index contributed by atoms with van der Waals surface area (Å²) in [6.07, 6.45) is 3.24. The Balaban J connectivity index is 1.81. The van der Waals surface area contributed by atoms with Crippen LogP contribution in [0, 0.1) is 11.6 Å². The first-order valence-corrected chi connectivity index (χ1v) is 10.9.